The molecule has 0 unspecified atom stereocenters. The number of benzene rings is 4. The second-order valence-corrected chi connectivity index (χ2v) is 8.34. The maximum Gasteiger partial charge on any atom is 0.269 e. The summed E-state index contributed by atoms with van der Waals surface area (Å²) in [5, 5.41) is 23.0. The normalized spacial score (nSPS) is 11.1. The molecule has 6 nitrogen and oxygen atoms in total. The Morgan fingerprint density at radius 1 is 1.06 bits per heavy atom. The Hall–Kier alpha value is -4.15. The van der Waals surface area contributed by atoms with Crippen LogP contribution >= 0.6 is 15.9 Å². The molecule has 0 aliphatic rings. The molecule has 4 aromatic rings. The van der Waals surface area contributed by atoms with E-state index in [0.29, 0.717) is 27.1 Å². The van der Waals surface area contributed by atoms with Crippen molar-refractivity contribution >= 4 is 44.0 Å². The van der Waals surface area contributed by atoms with Crippen LogP contribution in [0.4, 0.5) is 5.69 Å². The van der Waals surface area contributed by atoms with E-state index in [0.717, 1.165) is 21.9 Å². The number of allylic oxidation sites excluding steroid dienone is 1. The van der Waals surface area contributed by atoms with Crippen LogP contribution in [0.25, 0.3) is 22.4 Å². The van der Waals surface area contributed by atoms with E-state index in [4.69, 9.17) is 9.47 Å². The van der Waals surface area contributed by atoms with Gasteiger partial charge in [0.1, 0.15) is 6.61 Å². The maximum atomic E-state index is 11.0. The summed E-state index contributed by atoms with van der Waals surface area (Å²) in [6.45, 7) is 0.131. The number of halogens is 1. The Bertz CT molecular complexity index is 1460. The summed E-state index contributed by atoms with van der Waals surface area (Å²) >= 11 is 3.53. The zero-order valence-corrected chi connectivity index (χ0v) is 19.8. The quantitative estimate of drug-likeness (QED) is 0.113. The van der Waals surface area contributed by atoms with Crippen LogP contribution in [0.15, 0.2) is 83.3 Å². The van der Waals surface area contributed by atoms with E-state index in [1.807, 2.05) is 48.5 Å². The van der Waals surface area contributed by atoms with E-state index in [1.165, 1.54) is 19.2 Å². The minimum absolute atomic E-state index is 0.00494. The molecule has 0 heterocycles. The summed E-state index contributed by atoms with van der Waals surface area (Å²) in [4.78, 5) is 10.6. The van der Waals surface area contributed by atoms with E-state index in [-0.39, 0.29) is 12.3 Å². The molecule has 0 aliphatic heterocycles. The monoisotopic (exact) mass is 514 g/mol. The van der Waals surface area contributed by atoms with Gasteiger partial charge >= 0.3 is 0 Å². The summed E-state index contributed by atoms with van der Waals surface area (Å²) < 4.78 is 12.1. The van der Waals surface area contributed by atoms with Crippen LogP contribution < -0.4 is 9.47 Å². The molecular formula is C27H19BrN2O4. The SMILES string of the molecule is COc1cc(/C=C(/C#N)c2ccc3ccccc3c2)cc(Br)c1OCc1cccc([N+](=O)[O-])c1. The van der Waals surface area contributed by atoms with E-state index < -0.39 is 4.92 Å². The largest absolute Gasteiger partial charge is 0.493 e. The van der Waals surface area contributed by atoms with Crippen LogP contribution in [0.3, 0.4) is 0 Å². The Balaban J connectivity index is 1.62. The van der Waals surface area contributed by atoms with Gasteiger partial charge in [0, 0.05) is 12.1 Å². The third-order valence-corrected chi connectivity index (χ3v) is 5.84. The highest BCUT2D eigenvalue weighted by atomic mass is 79.9. The van der Waals surface area contributed by atoms with Gasteiger partial charge in [-0.25, -0.2) is 0 Å². The molecule has 0 saturated heterocycles. The first-order valence-corrected chi connectivity index (χ1v) is 11.1. The van der Waals surface area contributed by atoms with Crippen molar-refractivity contribution in [1.82, 2.24) is 0 Å². The summed E-state index contributed by atoms with van der Waals surface area (Å²) in [6, 6.07) is 26.1. The van der Waals surface area contributed by atoms with Crippen molar-refractivity contribution in [3.05, 3.63) is 110 Å². The molecule has 34 heavy (non-hydrogen) atoms. The number of hydrogen-bond acceptors (Lipinski definition) is 5. The lowest BCUT2D eigenvalue weighted by Gasteiger charge is -2.14. The highest BCUT2D eigenvalue weighted by Crippen LogP contribution is 2.38. The zero-order chi connectivity index (χ0) is 24.1. The van der Waals surface area contributed by atoms with Crippen molar-refractivity contribution in [2.75, 3.05) is 7.11 Å². The third-order valence-electron chi connectivity index (χ3n) is 5.25. The number of hydrogen-bond donors (Lipinski definition) is 0. The first kappa shape index (κ1) is 23.0. The first-order chi connectivity index (χ1) is 16.5. The van der Waals surface area contributed by atoms with Crippen molar-refractivity contribution < 1.29 is 14.4 Å². The van der Waals surface area contributed by atoms with Crippen LogP contribution in [-0.2, 0) is 6.61 Å². The van der Waals surface area contributed by atoms with E-state index >= 15 is 0 Å². The average Bonchev–Trinajstić information content (AvgIpc) is 2.86. The summed E-state index contributed by atoms with van der Waals surface area (Å²) in [5.74, 6) is 0.942. The van der Waals surface area contributed by atoms with Crippen molar-refractivity contribution in [2.24, 2.45) is 0 Å². The molecule has 0 fully saturated rings. The van der Waals surface area contributed by atoms with Gasteiger partial charge in [-0.15, -0.1) is 0 Å². The molecule has 0 N–H and O–H groups in total. The molecule has 0 amide bonds. The Kier molecular flexibility index (Phi) is 6.90. The molecule has 0 atom stereocenters. The Morgan fingerprint density at radius 3 is 2.59 bits per heavy atom. The number of nitriles is 1. The number of non-ortho nitro benzene ring substituents is 1. The number of rotatable bonds is 7. The van der Waals surface area contributed by atoms with E-state index in [1.54, 1.807) is 24.3 Å². The predicted molar refractivity (Wildman–Crippen MR) is 136 cm³/mol. The Morgan fingerprint density at radius 2 is 1.85 bits per heavy atom. The minimum atomic E-state index is -0.441. The smallest absolute Gasteiger partial charge is 0.269 e. The number of nitrogens with zero attached hydrogens (tertiary/aromatic N) is 2. The van der Waals surface area contributed by atoms with Crippen LogP contribution in [0.2, 0.25) is 0 Å². The van der Waals surface area contributed by atoms with Gasteiger partial charge in [-0.3, -0.25) is 10.1 Å². The lowest BCUT2D eigenvalue weighted by atomic mass is 10.00. The molecule has 0 saturated carbocycles. The van der Waals surface area contributed by atoms with Crippen molar-refractivity contribution in [3.63, 3.8) is 0 Å². The van der Waals surface area contributed by atoms with Crippen molar-refractivity contribution in [3.8, 4) is 17.6 Å². The highest BCUT2D eigenvalue weighted by molar-refractivity contribution is 9.10. The van der Waals surface area contributed by atoms with Gasteiger partial charge in [0.15, 0.2) is 11.5 Å². The van der Waals surface area contributed by atoms with Gasteiger partial charge in [0.2, 0.25) is 0 Å². The lowest BCUT2D eigenvalue weighted by Crippen LogP contribution is -2.00. The maximum absolute atomic E-state index is 11.0. The van der Waals surface area contributed by atoms with Crippen LogP contribution in [0.5, 0.6) is 11.5 Å². The number of nitro benzene ring substituents is 1. The second kappa shape index (κ2) is 10.2. The van der Waals surface area contributed by atoms with Gasteiger partial charge in [-0.1, -0.05) is 48.5 Å². The average molecular weight is 515 g/mol. The van der Waals surface area contributed by atoms with Gasteiger partial charge in [0.25, 0.3) is 5.69 Å². The number of fused-ring (bicyclic) bond motifs is 1. The molecule has 0 aliphatic carbocycles. The molecule has 4 rings (SSSR count). The van der Waals surface area contributed by atoms with Crippen LogP contribution in [0.1, 0.15) is 16.7 Å². The molecule has 0 bridgehead atoms. The fraction of sp³-hybridized carbons (Fsp3) is 0.0741. The third kappa shape index (κ3) is 5.08. The number of methoxy groups -OCH3 is 1. The number of ether oxygens (including phenoxy) is 2. The molecular weight excluding hydrogens is 496 g/mol. The van der Waals surface area contributed by atoms with Gasteiger partial charge in [0.05, 0.1) is 28.1 Å². The van der Waals surface area contributed by atoms with Crippen molar-refractivity contribution in [1.29, 1.82) is 5.26 Å². The summed E-state index contributed by atoms with van der Waals surface area (Å²) in [6.07, 6.45) is 1.79. The van der Waals surface area contributed by atoms with Gasteiger partial charge in [-0.2, -0.15) is 5.26 Å². The second-order valence-electron chi connectivity index (χ2n) is 7.48. The standard InChI is InChI=1S/C27H19BrN2O4/c1-33-26-14-19(11-23(16-29)22-10-9-20-6-2-3-7-21(20)15-22)13-25(28)27(26)34-17-18-5-4-8-24(12-18)30(31)32/h2-15H,17H2,1H3/b23-11-. The summed E-state index contributed by atoms with van der Waals surface area (Å²) in [5.41, 5.74) is 2.77. The molecule has 7 heteroatoms. The van der Waals surface area contributed by atoms with Gasteiger partial charge < -0.3 is 9.47 Å². The molecule has 0 radical (unpaired) electrons. The van der Waals surface area contributed by atoms with Gasteiger partial charge in [-0.05, 0) is 67.7 Å². The minimum Gasteiger partial charge on any atom is -0.493 e. The Labute approximate surface area is 205 Å². The van der Waals surface area contributed by atoms with E-state index in [9.17, 15) is 15.4 Å². The van der Waals surface area contributed by atoms with Crippen LogP contribution in [-0.4, -0.2) is 12.0 Å². The highest BCUT2D eigenvalue weighted by Gasteiger charge is 2.14. The number of nitro groups is 1. The van der Waals surface area contributed by atoms with Crippen LogP contribution in [0, 0.1) is 21.4 Å². The predicted octanol–water partition coefficient (Wildman–Crippen LogP) is 7.16. The molecule has 168 valence electrons. The molecule has 0 spiro atoms. The molecule has 4 aromatic carbocycles. The summed E-state index contributed by atoms with van der Waals surface area (Å²) in [7, 11) is 1.53. The first-order valence-electron chi connectivity index (χ1n) is 10.3. The molecule has 0 aromatic heterocycles. The van der Waals surface area contributed by atoms with E-state index in [2.05, 4.69) is 22.0 Å². The fourth-order valence-electron chi connectivity index (χ4n) is 3.58. The topological polar surface area (TPSA) is 85.4 Å². The zero-order valence-electron chi connectivity index (χ0n) is 18.2. The van der Waals surface area contributed by atoms with Crippen molar-refractivity contribution in [2.45, 2.75) is 6.61 Å². The lowest BCUT2D eigenvalue weighted by molar-refractivity contribution is -0.384. The fourth-order valence-corrected chi connectivity index (χ4v) is 4.16.